The topological polar surface area (TPSA) is 77.1 Å². The van der Waals surface area contributed by atoms with E-state index < -0.39 is 12.0 Å². The van der Waals surface area contributed by atoms with Gasteiger partial charge in [0, 0.05) is 7.05 Å². The first-order valence-electron chi connectivity index (χ1n) is 10.7. The highest BCUT2D eigenvalue weighted by atomic mass is 16.7. The molecule has 0 saturated heterocycles. The SMILES string of the molecule is CON(C)C(=O)c1cccc(OCCCc2ccccc2)c1NC(=O)OCc1ccccc1. The van der Waals surface area contributed by atoms with E-state index in [0.717, 1.165) is 23.5 Å². The Hall–Kier alpha value is -3.84. The van der Waals surface area contributed by atoms with Gasteiger partial charge < -0.3 is 9.47 Å². The first kappa shape index (κ1) is 23.8. The normalized spacial score (nSPS) is 10.4. The molecule has 0 bridgehead atoms. The lowest BCUT2D eigenvalue weighted by Gasteiger charge is -2.19. The molecular weight excluding hydrogens is 420 g/mol. The van der Waals surface area contributed by atoms with Gasteiger partial charge in [0.2, 0.25) is 0 Å². The van der Waals surface area contributed by atoms with Gasteiger partial charge in [0.1, 0.15) is 12.4 Å². The predicted molar refractivity (Wildman–Crippen MR) is 126 cm³/mol. The van der Waals surface area contributed by atoms with Gasteiger partial charge in [-0.3, -0.25) is 14.9 Å². The van der Waals surface area contributed by atoms with Crippen LogP contribution < -0.4 is 10.1 Å². The van der Waals surface area contributed by atoms with Crippen LogP contribution in [-0.4, -0.2) is 37.8 Å². The minimum atomic E-state index is -0.687. The van der Waals surface area contributed by atoms with Gasteiger partial charge in [-0.2, -0.15) is 0 Å². The van der Waals surface area contributed by atoms with Crippen LogP contribution in [0.2, 0.25) is 0 Å². The largest absolute Gasteiger partial charge is 0.491 e. The lowest BCUT2D eigenvalue weighted by Crippen LogP contribution is -2.27. The molecule has 3 aromatic carbocycles. The highest BCUT2D eigenvalue weighted by molar-refractivity contribution is 6.03. The maximum Gasteiger partial charge on any atom is 0.412 e. The molecule has 0 aliphatic rings. The number of hydroxylamine groups is 2. The summed E-state index contributed by atoms with van der Waals surface area (Å²) in [6.45, 7) is 0.522. The molecule has 0 fully saturated rings. The molecule has 1 N–H and O–H groups in total. The number of carbonyl (C=O) groups excluding carboxylic acids is 2. The predicted octanol–water partition coefficient (Wildman–Crippen LogP) is 5.08. The summed E-state index contributed by atoms with van der Waals surface area (Å²) in [7, 11) is 2.89. The molecule has 0 saturated carbocycles. The maximum atomic E-state index is 12.8. The molecule has 0 aromatic heterocycles. The number of benzene rings is 3. The van der Waals surface area contributed by atoms with Crippen LogP contribution in [0.25, 0.3) is 0 Å². The molecule has 3 rings (SSSR count). The zero-order chi connectivity index (χ0) is 23.5. The minimum Gasteiger partial charge on any atom is -0.491 e. The van der Waals surface area contributed by atoms with Crippen molar-refractivity contribution in [3.05, 3.63) is 95.6 Å². The molecule has 3 aromatic rings. The Bertz CT molecular complexity index is 1040. The number of nitrogens with one attached hydrogen (secondary N) is 1. The zero-order valence-corrected chi connectivity index (χ0v) is 18.8. The van der Waals surface area contributed by atoms with Crippen molar-refractivity contribution in [1.82, 2.24) is 5.06 Å². The van der Waals surface area contributed by atoms with Gasteiger partial charge in [-0.05, 0) is 36.1 Å². The Morgan fingerprint density at radius 1 is 0.879 bits per heavy atom. The minimum absolute atomic E-state index is 0.105. The summed E-state index contributed by atoms with van der Waals surface area (Å²) in [4.78, 5) is 30.3. The number of aryl methyl sites for hydroxylation is 1. The van der Waals surface area contributed by atoms with Crippen molar-refractivity contribution in [3.63, 3.8) is 0 Å². The number of hydrogen-bond acceptors (Lipinski definition) is 5. The Labute approximate surface area is 193 Å². The van der Waals surface area contributed by atoms with Crippen molar-refractivity contribution in [2.24, 2.45) is 0 Å². The third kappa shape index (κ3) is 7.08. The third-order valence-corrected chi connectivity index (χ3v) is 4.97. The molecular formula is C26H28N2O5. The molecule has 0 radical (unpaired) electrons. The fourth-order valence-corrected chi connectivity index (χ4v) is 3.18. The number of anilines is 1. The number of para-hydroxylation sites is 1. The summed E-state index contributed by atoms with van der Waals surface area (Å²) >= 11 is 0. The first-order valence-corrected chi connectivity index (χ1v) is 10.7. The van der Waals surface area contributed by atoms with E-state index in [1.165, 1.54) is 19.7 Å². The van der Waals surface area contributed by atoms with Crippen LogP contribution in [0.3, 0.4) is 0 Å². The quantitative estimate of drug-likeness (QED) is 0.346. The summed E-state index contributed by atoms with van der Waals surface area (Å²) in [5, 5.41) is 3.76. The summed E-state index contributed by atoms with van der Waals surface area (Å²) < 4.78 is 11.3. The number of nitrogens with zero attached hydrogens (tertiary/aromatic N) is 1. The molecule has 0 atom stereocenters. The molecule has 7 heteroatoms. The van der Waals surface area contributed by atoms with E-state index >= 15 is 0 Å². The lowest BCUT2D eigenvalue weighted by atomic mass is 10.1. The van der Waals surface area contributed by atoms with Crippen molar-refractivity contribution in [1.29, 1.82) is 0 Å². The highest BCUT2D eigenvalue weighted by Crippen LogP contribution is 2.30. The second-order valence-corrected chi connectivity index (χ2v) is 7.29. The monoisotopic (exact) mass is 448 g/mol. The molecule has 7 nitrogen and oxygen atoms in total. The van der Waals surface area contributed by atoms with Crippen molar-refractivity contribution in [3.8, 4) is 5.75 Å². The summed E-state index contributed by atoms with van der Waals surface area (Å²) in [6.07, 6.45) is 0.944. The smallest absolute Gasteiger partial charge is 0.412 e. The van der Waals surface area contributed by atoms with Gasteiger partial charge in [-0.1, -0.05) is 66.7 Å². The van der Waals surface area contributed by atoms with E-state index in [4.69, 9.17) is 14.3 Å². The van der Waals surface area contributed by atoms with Crippen molar-refractivity contribution in [2.75, 3.05) is 26.1 Å². The highest BCUT2D eigenvalue weighted by Gasteiger charge is 2.21. The Morgan fingerprint density at radius 2 is 1.55 bits per heavy atom. The van der Waals surface area contributed by atoms with Crippen molar-refractivity contribution >= 4 is 17.7 Å². The number of amides is 2. The van der Waals surface area contributed by atoms with Gasteiger partial charge in [0.15, 0.2) is 0 Å². The lowest BCUT2D eigenvalue weighted by molar-refractivity contribution is -0.0756. The van der Waals surface area contributed by atoms with E-state index in [-0.39, 0.29) is 17.9 Å². The van der Waals surface area contributed by atoms with Gasteiger partial charge in [0.05, 0.1) is 25.0 Å². The maximum absolute atomic E-state index is 12.8. The Balaban J connectivity index is 1.71. The molecule has 0 heterocycles. The molecule has 33 heavy (non-hydrogen) atoms. The molecule has 2 amide bonds. The van der Waals surface area contributed by atoms with Gasteiger partial charge in [0.25, 0.3) is 5.91 Å². The van der Waals surface area contributed by atoms with Crippen LogP contribution in [0, 0.1) is 0 Å². The van der Waals surface area contributed by atoms with E-state index in [0.29, 0.717) is 12.4 Å². The molecule has 0 unspecified atom stereocenters. The third-order valence-electron chi connectivity index (χ3n) is 4.97. The van der Waals surface area contributed by atoms with E-state index in [9.17, 15) is 9.59 Å². The van der Waals surface area contributed by atoms with Crippen LogP contribution in [-0.2, 0) is 22.6 Å². The van der Waals surface area contributed by atoms with Crippen LogP contribution in [0.1, 0.15) is 27.9 Å². The number of rotatable bonds is 10. The molecule has 0 spiro atoms. The second-order valence-electron chi connectivity index (χ2n) is 7.29. The van der Waals surface area contributed by atoms with E-state index in [1.54, 1.807) is 18.2 Å². The van der Waals surface area contributed by atoms with E-state index in [1.807, 2.05) is 48.5 Å². The van der Waals surface area contributed by atoms with Crippen molar-refractivity contribution < 1.29 is 23.9 Å². The standard InChI is InChI=1S/C26H28N2O5/c1-28(31-2)25(29)22-16-9-17-23(32-18-10-15-20-11-5-3-6-12-20)24(22)27-26(30)33-19-21-13-7-4-8-14-21/h3-9,11-14,16-17H,10,15,18-19H2,1-2H3,(H,27,30). The molecule has 0 aliphatic heterocycles. The van der Waals surface area contributed by atoms with Gasteiger partial charge in [-0.15, -0.1) is 0 Å². The Kier molecular flexibility index (Phi) is 8.85. The summed E-state index contributed by atoms with van der Waals surface area (Å²) in [6, 6.07) is 24.5. The molecule has 0 aliphatic carbocycles. The summed E-state index contributed by atoms with van der Waals surface area (Å²) in [5.41, 5.74) is 2.55. The fraction of sp³-hybridized carbons (Fsp3) is 0.231. The number of hydrogen-bond donors (Lipinski definition) is 1. The zero-order valence-electron chi connectivity index (χ0n) is 18.8. The van der Waals surface area contributed by atoms with Crippen molar-refractivity contribution in [2.45, 2.75) is 19.4 Å². The van der Waals surface area contributed by atoms with E-state index in [2.05, 4.69) is 17.4 Å². The van der Waals surface area contributed by atoms with Crippen LogP contribution >= 0.6 is 0 Å². The van der Waals surface area contributed by atoms with Crippen LogP contribution in [0.4, 0.5) is 10.5 Å². The Morgan fingerprint density at radius 3 is 2.21 bits per heavy atom. The van der Waals surface area contributed by atoms with Gasteiger partial charge in [-0.25, -0.2) is 9.86 Å². The first-order chi connectivity index (χ1) is 16.1. The number of carbonyl (C=O) groups is 2. The van der Waals surface area contributed by atoms with Gasteiger partial charge >= 0.3 is 6.09 Å². The average molecular weight is 449 g/mol. The second kappa shape index (κ2) is 12.3. The summed E-state index contributed by atoms with van der Waals surface area (Å²) in [5.74, 6) is -0.0410. The van der Waals surface area contributed by atoms with Crippen LogP contribution in [0.15, 0.2) is 78.9 Å². The fourth-order valence-electron chi connectivity index (χ4n) is 3.18. The number of ether oxygens (including phenoxy) is 2. The van der Waals surface area contributed by atoms with Crippen LogP contribution in [0.5, 0.6) is 5.75 Å². The average Bonchev–Trinajstić information content (AvgIpc) is 2.86. The molecule has 172 valence electrons.